The van der Waals surface area contributed by atoms with E-state index in [9.17, 15) is 20.4 Å². The lowest BCUT2D eigenvalue weighted by Gasteiger charge is -2.40. The predicted octanol–water partition coefficient (Wildman–Crippen LogP) is -1.77. The van der Waals surface area contributed by atoms with Crippen LogP contribution in [0.5, 0.6) is 0 Å². The minimum absolute atomic E-state index is 0.104. The molecule has 2 aromatic rings. The van der Waals surface area contributed by atoms with Gasteiger partial charge in [0.05, 0.1) is 12.9 Å². The predicted molar refractivity (Wildman–Crippen MR) is 93.7 cm³/mol. The lowest BCUT2D eigenvalue weighted by molar-refractivity contribution is -0.250. The number of rotatable bonds is 7. The summed E-state index contributed by atoms with van der Waals surface area (Å²) in [6, 6.07) is 0. The first-order chi connectivity index (χ1) is 13.0. The smallest absolute Gasteiger partial charge is 0.167 e. The Hall–Kier alpha value is -1.89. The van der Waals surface area contributed by atoms with Crippen LogP contribution in [0, 0.1) is 5.92 Å². The van der Waals surface area contributed by atoms with Crippen LogP contribution in [0.4, 0.5) is 5.82 Å². The molecular formula is C16H25N5O6. The summed E-state index contributed by atoms with van der Waals surface area (Å²) in [6.45, 7) is 2.11. The fraction of sp³-hybridized carbons (Fsp3) is 0.688. The molecule has 1 saturated heterocycles. The van der Waals surface area contributed by atoms with Crippen molar-refractivity contribution in [2.24, 2.45) is 5.92 Å². The number of imidazole rings is 1. The Bertz CT molecular complexity index is 756. The molecule has 1 aliphatic heterocycles. The number of aliphatic hydroxyl groups excluding tert-OH is 5. The molecule has 0 spiro atoms. The fourth-order valence-corrected chi connectivity index (χ4v) is 3.01. The second-order valence-electron chi connectivity index (χ2n) is 6.77. The molecule has 1 fully saturated rings. The first-order valence-electron chi connectivity index (χ1n) is 8.80. The topological polar surface area (TPSA) is 166 Å². The highest BCUT2D eigenvalue weighted by Gasteiger charge is 2.44. The summed E-state index contributed by atoms with van der Waals surface area (Å²) in [6.07, 6.45) is -2.98. The molecule has 1 aliphatic rings. The molecule has 0 saturated carbocycles. The zero-order valence-electron chi connectivity index (χ0n) is 14.9. The normalized spacial score (nSPS) is 29.8. The van der Waals surface area contributed by atoms with Gasteiger partial charge in [-0.1, -0.05) is 6.92 Å². The third-order valence-corrected chi connectivity index (χ3v) is 4.74. The maximum Gasteiger partial charge on any atom is 0.167 e. The van der Waals surface area contributed by atoms with Crippen LogP contribution in [0.15, 0.2) is 12.7 Å². The molecule has 0 amide bonds. The van der Waals surface area contributed by atoms with Crippen LogP contribution in [-0.4, -0.2) is 89.2 Å². The zero-order valence-corrected chi connectivity index (χ0v) is 14.9. The van der Waals surface area contributed by atoms with Gasteiger partial charge in [0.2, 0.25) is 0 Å². The van der Waals surface area contributed by atoms with E-state index >= 15 is 0 Å². The minimum atomic E-state index is -1.49. The van der Waals surface area contributed by atoms with Gasteiger partial charge in [0.1, 0.15) is 30.7 Å². The van der Waals surface area contributed by atoms with Gasteiger partial charge in [-0.2, -0.15) is 0 Å². The highest BCUT2D eigenvalue weighted by molar-refractivity contribution is 5.82. The van der Waals surface area contributed by atoms with Gasteiger partial charge in [0, 0.05) is 13.2 Å². The van der Waals surface area contributed by atoms with Gasteiger partial charge >= 0.3 is 0 Å². The van der Waals surface area contributed by atoms with E-state index in [2.05, 4.69) is 20.3 Å². The monoisotopic (exact) mass is 383 g/mol. The van der Waals surface area contributed by atoms with Crippen molar-refractivity contribution in [1.29, 1.82) is 0 Å². The number of fused-ring (bicyclic) bond motifs is 1. The maximum atomic E-state index is 10.3. The standard InChI is InChI=1S/C16H25N5O6/c1-8(4-22)2-3-17-14-10-15(19-6-18-14)21(7-20-10)16-13(26)12(25)11(24)9(5-23)27-16/h6-9,11-13,16,22-26H,2-5H2,1H3,(H,17,18,19)/t8?,9-,11-,12+,13-,16+/m1/s1. The first-order valence-corrected chi connectivity index (χ1v) is 8.80. The summed E-state index contributed by atoms with van der Waals surface area (Å²) in [5.74, 6) is 0.648. The van der Waals surface area contributed by atoms with Gasteiger partial charge < -0.3 is 35.6 Å². The summed E-state index contributed by atoms with van der Waals surface area (Å²) in [5.41, 5.74) is 0.818. The van der Waals surface area contributed by atoms with Crippen molar-refractivity contribution in [3.05, 3.63) is 12.7 Å². The Kier molecular flexibility index (Phi) is 6.19. The molecule has 6 N–H and O–H groups in total. The molecule has 0 bridgehead atoms. The van der Waals surface area contributed by atoms with Crippen LogP contribution in [0.1, 0.15) is 19.6 Å². The van der Waals surface area contributed by atoms with Crippen LogP contribution in [-0.2, 0) is 4.74 Å². The Morgan fingerprint density at radius 1 is 1.15 bits per heavy atom. The van der Waals surface area contributed by atoms with Gasteiger partial charge in [0.15, 0.2) is 23.2 Å². The number of anilines is 1. The highest BCUT2D eigenvalue weighted by Crippen LogP contribution is 2.31. The van der Waals surface area contributed by atoms with E-state index in [1.165, 1.54) is 17.2 Å². The third-order valence-electron chi connectivity index (χ3n) is 4.74. The second-order valence-corrected chi connectivity index (χ2v) is 6.77. The number of aliphatic hydroxyl groups is 5. The molecule has 1 unspecified atom stereocenters. The highest BCUT2D eigenvalue weighted by atomic mass is 16.6. The molecule has 3 heterocycles. The lowest BCUT2D eigenvalue weighted by atomic mass is 9.98. The lowest BCUT2D eigenvalue weighted by Crippen LogP contribution is -2.56. The fourth-order valence-electron chi connectivity index (χ4n) is 3.01. The zero-order chi connectivity index (χ0) is 19.6. The molecule has 11 nitrogen and oxygen atoms in total. The van der Waals surface area contributed by atoms with Gasteiger partial charge in [-0.05, 0) is 12.3 Å². The quantitative estimate of drug-likeness (QED) is 0.322. The summed E-state index contributed by atoms with van der Waals surface area (Å²) in [4.78, 5) is 12.6. The number of nitrogens with zero attached hydrogens (tertiary/aromatic N) is 4. The van der Waals surface area contributed by atoms with Crippen LogP contribution in [0.2, 0.25) is 0 Å². The van der Waals surface area contributed by atoms with E-state index in [1.807, 2.05) is 6.92 Å². The number of aromatic nitrogens is 4. The molecule has 0 aromatic carbocycles. The van der Waals surface area contributed by atoms with Crippen LogP contribution < -0.4 is 5.32 Å². The van der Waals surface area contributed by atoms with E-state index in [0.717, 1.165) is 6.42 Å². The summed E-state index contributed by atoms with van der Waals surface area (Å²) < 4.78 is 6.99. The molecule has 3 rings (SSSR count). The average Bonchev–Trinajstić information content (AvgIpc) is 3.11. The van der Waals surface area contributed by atoms with Crippen LogP contribution in [0.3, 0.4) is 0 Å². The van der Waals surface area contributed by atoms with E-state index in [-0.39, 0.29) is 12.5 Å². The van der Waals surface area contributed by atoms with Gasteiger partial charge in [-0.25, -0.2) is 15.0 Å². The first kappa shape index (κ1) is 19.9. The van der Waals surface area contributed by atoms with Crippen molar-refractivity contribution >= 4 is 17.0 Å². The van der Waals surface area contributed by atoms with Crippen molar-refractivity contribution < 1.29 is 30.3 Å². The van der Waals surface area contributed by atoms with Crippen LogP contribution >= 0.6 is 0 Å². The van der Waals surface area contributed by atoms with Crippen molar-refractivity contribution in [2.45, 2.75) is 44.0 Å². The third kappa shape index (κ3) is 3.88. The van der Waals surface area contributed by atoms with Crippen molar-refractivity contribution in [1.82, 2.24) is 19.5 Å². The van der Waals surface area contributed by atoms with E-state index in [0.29, 0.717) is 23.5 Å². The molecule has 6 atom stereocenters. The van der Waals surface area contributed by atoms with E-state index < -0.39 is 37.3 Å². The Labute approximate surface area is 155 Å². The molecule has 11 heteroatoms. The number of ether oxygens (including phenoxy) is 1. The minimum Gasteiger partial charge on any atom is -0.396 e. The SMILES string of the molecule is CC(CO)CCNc1ncnc2c1ncn2[C@H]1O[C@H](CO)[C@@H](O)[C@H](O)[C@H]1O. The molecule has 0 aliphatic carbocycles. The van der Waals surface area contributed by atoms with Gasteiger partial charge in [-0.3, -0.25) is 4.57 Å². The van der Waals surface area contributed by atoms with E-state index in [4.69, 9.17) is 9.84 Å². The van der Waals surface area contributed by atoms with Crippen molar-refractivity contribution in [3.8, 4) is 0 Å². The Morgan fingerprint density at radius 3 is 2.63 bits per heavy atom. The molecule has 27 heavy (non-hydrogen) atoms. The van der Waals surface area contributed by atoms with Crippen LogP contribution in [0.25, 0.3) is 11.2 Å². The Morgan fingerprint density at radius 2 is 1.93 bits per heavy atom. The maximum absolute atomic E-state index is 10.3. The molecular weight excluding hydrogens is 358 g/mol. The number of hydrogen-bond acceptors (Lipinski definition) is 10. The summed E-state index contributed by atoms with van der Waals surface area (Å²) in [5, 5.41) is 51.8. The Balaban J connectivity index is 1.85. The van der Waals surface area contributed by atoms with Gasteiger partial charge in [0.25, 0.3) is 0 Å². The van der Waals surface area contributed by atoms with Crippen molar-refractivity contribution in [2.75, 3.05) is 25.1 Å². The molecule has 2 aromatic heterocycles. The van der Waals surface area contributed by atoms with Gasteiger partial charge in [-0.15, -0.1) is 0 Å². The average molecular weight is 383 g/mol. The van der Waals surface area contributed by atoms with E-state index in [1.54, 1.807) is 0 Å². The van der Waals surface area contributed by atoms with Crippen molar-refractivity contribution in [3.63, 3.8) is 0 Å². The second kappa shape index (κ2) is 8.42. The number of hydrogen-bond donors (Lipinski definition) is 6. The number of nitrogens with one attached hydrogen (secondary N) is 1. The summed E-state index contributed by atoms with van der Waals surface area (Å²) >= 11 is 0. The molecule has 0 radical (unpaired) electrons. The molecule has 150 valence electrons. The summed E-state index contributed by atoms with van der Waals surface area (Å²) in [7, 11) is 0. The largest absolute Gasteiger partial charge is 0.396 e.